The molecule has 2 rings (SSSR count). The summed E-state index contributed by atoms with van der Waals surface area (Å²) in [6, 6.07) is 15.1. The predicted molar refractivity (Wildman–Crippen MR) is 71.7 cm³/mol. The Morgan fingerprint density at radius 3 is 2.68 bits per heavy atom. The molecule has 0 atom stereocenters. The highest BCUT2D eigenvalue weighted by atomic mass is 16.5. The quantitative estimate of drug-likeness (QED) is 0.823. The van der Waals surface area contributed by atoms with Gasteiger partial charge in [0.25, 0.3) is 5.56 Å². The third-order valence-corrected chi connectivity index (χ3v) is 2.69. The van der Waals surface area contributed by atoms with Gasteiger partial charge in [0, 0.05) is 12.7 Å². The van der Waals surface area contributed by atoms with Gasteiger partial charge in [0.2, 0.25) is 0 Å². The van der Waals surface area contributed by atoms with E-state index in [1.165, 1.54) is 4.57 Å². The number of ether oxygens (including phenoxy) is 1. The molecule has 0 aliphatic rings. The molecule has 0 amide bonds. The minimum Gasteiger partial charge on any atom is -0.483 e. The van der Waals surface area contributed by atoms with Crippen molar-refractivity contribution in [2.24, 2.45) is 0 Å². The van der Waals surface area contributed by atoms with E-state index < -0.39 is 0 Å². The monoisotopic (exact) mass is 254 g/mol. The Bertz CT molecular complexity index is 627. The van der Waals surface area contributed by atoms with Crippen molar-refractivity contribution >= 4 is 0 Å². The highest BCUT2D eigenvalue weighted by Gasteiger charge is 2.04. The second-order valence-electron chi connectivity index (χ2n) is 4.05. The molecule has 4 heteroatoms. The van der Waals surface area contributed by atoms with Crippen molar-refractivity contribution in [2.45, 2.75) is 19.6 Å². The first kappa shape index (κ1) is 12.9. The zero-order valence-electron chi connectivity index (χ0n) is 10.5. The number of benzene rings is 1. The third-order valence-electron chi connectivity index (χ3n) is 2.69. The molecule has 19 heavy (non-hydrogen) atoms. The molecule has 0 unspecified atom stereocenters. The van der Waals surface area contributed by atoms with Crippen molar-refractivity contribution < 1.29 is 4.74 Å². The number of aryl methyl sites for hydroxylation is 1. The minimum absolute atomic E-state index is 0.200. The van der Waals surface area contributed by atoms with Gasteiger partial charge >= 0.3 is 0 Å². The van der Waals surface area contributed by atoms with Crippen molar-refractivity contribution in [1.82, 2.24) is 4.57 Å². The maximum atomic E-state index is 12.0. The first-order valence-corrected chi connectivity index (χ1v) is 6.04. The number of rotatable bonds is 5. The molecule has 1 heterocycles. The molecule has 0 N–H and O–H groups in total. The van der Waals surface area contributed by atoms with Gasteiger partial charge in [0.05, 0.1) is 12.5 Å². The van der Waals surface area contributed by atoms with Crippen LogP contribution in [0.4, 0.5) is 0 Å². The Hall–Kier alpha value is -2.54. The standard InChI is InChI=1S/C15H14N2O2/c16-9-5-11-17-10-4-8-14(15(17)18)19-12-13-6-2-1-3-7-13/h1-4,6-8,10H,5,11-12H2. The van der Waals surface area contributed by atoms with Gasteiger partial charge in [-0.15, -0.1) is 0 Å². The maximum Gasteiger partial charge on any atom is 0.292 e. The summed E-state index contributed by atoms with van der Waals surface area (Å²) in [6.45, 7) is 0.746. The van der Waals surface area contributed by atoms with Crippen LogP contribution in [0.3, 0.4) is 0 Å². The third kappa shape index (κ3) is 3.46. The van der Waals surface area contributed by atoms with Crippen LogP contribution < -0.4 is 10.3 Å². The van der Waals surface area contributed by atoms with Crippen LogP contribution in [0, 0.1) is 11.3 Å². The molecule has 0 fully saturated rings. The van der Waals surface area contributed by atoms with Crippen LogP contribution in [-0.2, 0) is 13.2 Å². The Morgan fingerprint density at radius 2 is 1.95 bits per heavy atom. The molecular formula is C15H14N2O2. The highest BCUT2D eigenvalue weighted by Crippen LogP contribution is 2.07. The normalized spacial score (nSPS) is 9.84. The van der Waals surface area contributed by atoms with Crippen LogP contribution in [0.15, 0.2) is 53.5 Å². The molecular weight excluding hydrogens is 240 g/mol. The number of hydrogen-bond acceptors (Lipinski definition) is 3. The number of aromatic nitrogens is 1. The SMILES string of the molecule is N#CCCn1cccc(OCc2ccccc2)c1=O. The van der Waals surface area contributed by atoms with Crippen LogP contribution >= 0.6 is 0 Å². The van der Waals surface area contributed by atoms with Crippen molar-refractivity contribution in [3.8, 4) is 11.8 Å². The molecule has 0 saturated heterocycles. The van der Waals surface area contributed by atoms with E-state index in [4.69, 9.17) is 10.00 Å². The fraction of sp³-hybridized carbons (Fsp3) is 0.200. The van der Waals surface area contributed by atoms with Crippen LogP contribution in [0.2, 0.25) is 0 Å². The van der Waals surface area contributed by atoms with Crippen molar-refractivity contribution in [1.29, 1.82) is 5.26 Å². The molecule has 1 aromatic heterocycles. The zero-order valence-corrected chi connectivity index (χ0v) is 10.5. The Balaban J connectivity index is 2.09. The van der Waals surface area contributed by atoms with E-state index in [1.54, 1.807) is 18.3 Å². The molecule has 0 spiro atoms. The zero-order chi connectivity index (χ0) is 13.5. The van der Waals surface area contributed by atoms with Crippen LogP contribution in [0.5, 0.6) is 5.75 Å². The maximum absolute atomic E-state index is 12.0. The highest BCUT2D eigenvalue weighted by molar-refractivity contribution is 5.19. The van der Waals surface area contributed by atoms with Gasteiger partial charge in [-0.1, -0.05) is 30.3 Å². The molecule has 0 aliphatic heterocycles. The summed E-state index contributed by atoms with van der Waals surface area (Å²) in [7, 11) is 0. The fourth-order valence-corrected chi connectivity index (χ4v) is 1.71. The summed E-state index contributed by atoms with van der Waals surface area (Å²) >= 11 is 0. The van der Waals surface area contributed by atoms with Crippen molar-refractivity contribution in [3.63, 3.8) is 0 Å². The number of hydrogen-bond donors (Lipinski definition) is 0. The van der Waals surface area contributed by atoms with E-state index >= 15 is 0 Å². The lowest BCUT2D eigenvalue weighted by Crippen LogP contribution is -2.21. The van der Waals surface area contributed by atoms with Gasteiger partial charge in [-0.3, -0.25) is 4.79 Å². The molecule has 0 radical (unpaired) electrons. The average Bonchev–Trinajstić information content (AvgIpc) is 2.46. The Morgan fingerprint density at radius 1 is 1.16 bits per heavy atom. The topological polar surface area (TPSA) is 55.0 Å². The van der Waals surface area contributed by atoms with Crippen molar-refractivity contribution in [3.05, 3.63) is 64.6 Å². The van der Waals surface area contributed by atoms with E-state index in [0.29, 0.717) is 25.3 Å². The molecule has 0 aliphatic carbocycles. The summed E-state index contributed by atoms with van der Waals surface area (Å²) in [6.07, 6.45) is 1.97. The van der Waals surface area contributed by atoms with E-state index in [1.807, 2.05) is 36.4 Å². The van der Waals surface area contributed by atoms with E-state index in [9.17, 15) is 4.79 Å². The van der Waals surface area contributed by atoms with Crippen LogP contribution in [-0.4, -0.2) is 4.57 Å². The fourth-order valence-electron chi connectivity index (χ4n) is 1.71. The minimum atomic E-state index is -0.200. The average molecular weight is 254 g/mol. The lowest BCUT2D eigenvalue weighted by atomic mass is 10.2. The summed E-state index contributed by atoms with van der Waals surface area (Å²) in [5, 5.41) is 8.54. The lowest BCUT2D eigenvalue weighted by molar-refractivity contribution is 0.299. The van der Waals surface area contributed by atoms with E-state index in [0.717, 1.165) is 5.56 Å². The predicted octanol–water partition coefficient (Wildman–Crippen LogP) is 2.34. The number of pyridine rings is 1. The molecule has 1 aromatic carbocycles. The largest absolute Gasteiger partial charge is 0.483 e. The van der Waals surface area contributed by atoms with Crippen LogP contribution in [0.25, 0.3) is 0 Å². The summed E-state index contributed by atoms with van der Waals surface area (Å²) in [4.78, 5) is 12.0. The van der Waals surface area contributed by atoms with Gasteiger partial charge in [-0.2, -0.15) is 5.26 Å². The van der Waals surface area contributed by atoms with Crippen LogP contribution in [0.1, 0.15) is 12.0 Å². The van der Waals surface area contributed by atoms with Gasteiger partial charge in [0.15, 0.2) is 5.75 Å². The van der Waals surface area contributed by atoms with E-state index in [-0.39, 0.29) is 5.56 Å². The van der Waals surface area contributed by atoms with Gasteiger partial charge in [-0.25, -0.2) is 0 Å². The smallest absolute Gasteiger partial charge is 0.292 e. The van der Waals surface area contributed by atoms with E-state index in [2.05, 4.69) is 0 Å². The Labute approximate surface area is 111 Å². The molecule has 96 valence electrons. The van der Waals surface area contributed by atoms with Gasteiger partial charge < -0.3 is 9.30 Å². The summed E-state index contributed by atoms with van der Waals surface area (Å²) in [5.41, 5.74) is 0.808. The summed E-state index contributed by atoms with van der Waals surface area (Å²) in [5.74, 6) is 0.310. The second kappa shape index (κ2) is 6.41. The molecule has 4 nitrogen and oxygen atoms in total. The molecule has 0 saturated carbocycles. The number of nitrogens with zero attached hydrogens (tertiary/aromatic N) is 2. The Kier molecular flexibility index (Phi) is 4.35. The van der Waals surface area contributed by atoms with Gasteiger partial charge in [0.1, 0.15) is 6.61 Å². The molecule has 0 bridgehead atoms. The lowest BCUT2D eigenvalue weighted by Gasteiger charge is -2.08. The first-order chi connectivity index (χ1) is 9.31. The second-order valence-corrected chi connectivity index (χ2v) is 4.05. The van der Waals surface area contributed by atoms with Crippen molar-refractivity contribution in [2.75, 3.05) is 0 Å². The van der Waals surface area contributed by atoms with Gasteiger partial charge in [-0.05, 0) is 17.7 Å². The number of nitriles is 1. The molecule has 2 aromatic rings. The first-order valence-electron chi connectivity index (χ1n) is 6.04. The summed E-state index contributed by atoms with van der Waals surface area (Å²) < 4.78 is 7.02.